The van der Waals surface area contributed by atoms with Crippen molar-refractivity contribution in [2.24, 2.45) is 0 Å². The fourth-order valence-electron chi connectivity index (χ4n) is 2.74. The smallest absolute Gasteiger partial charge is 0.220 e. The van der Waals surface area contributed by atoms with Crippen molar-refractivity contribution in [1.82, 2.24) is 15.0 Å². The van der Waals surface area contributed by atoms with Crippen LogP contribution >= 0.6 is 0 Å². The van der Waals surface area contributed by atoms with Crippen LogP contribution in [0, 0.1) is 6.92 Å². The van der Waals surface area contributed by atoms with E-state index in [-0.39, 0.29) is 0 Å². The molecule has 0 fully saturated rings. The molecule has 0 unspecified atom stereocenters. The normalized spacial score (nSPS) is 14.9. The van der Waals surface area contributed by atoms with E-state index in [2.05, 4.69) is 21.0 Å². The van der Waals surface area contributed by atoms with Crippen LogP contribution in [0.15, 0.2) is 30.6 Å². The number of hydrogen-bond donors (Lipinski definition) is 1. The minimum Gasteiger partial charge on any atom is -0.368 e. The zero-order chi connectivity index (χ0) is 13.9. The molecule has 0 saturated heterocycles. The van der Waals surface area contributed by atoms with Gasteiger partial charge >= 0.3 is 0 Å². The minimum atomic E-state index is 0.344. The lowest BCUT2D eigenvalue weighted by molar-refractivity contribution is 0.739. The van der Waals surface area contributed by atoms with Crippen molar-refractivity contribution in [3.05, 3.63) is 42.0 Å². The molecule has 4 heteroatoms. The van der Waals surface area contributed by atoms with Gasteiger partial charge < -0.3 is 5.73 Å². The molecular formula is C16H18N4. The molecule has 20 heavy (non-hydrogen) atoms. The highest BCUT2D eigenvalue weighted by atomic mass is 15.0. The number of nitrogens with two attached hydrogens (primary N) is 1. The number of hydrogen-bond acceptors (Lipinski definition) is 4. The van der Waals surface area contributed by atoms with Gasteiger partial charge in [-0.05, 0) is 44.2 Å². The molecule has 2 aromatic heterocycles. The van der Waals surface area contributed by atoms with Gasteiger partial charge in [-0.1, -0.05) is 12.1 Å². The van der Waals surface area contributed by atoms with Crippen LogP contribution in [0.3, 0.4) is 0 Å². The van der Waals surface area contributed by atoms with E-state index in [1.165, 1.54) is 18.4 Å². The second-order valence-electron chi connectivity index (χ2n) is 5.11. The molecule has 0 saturated carbocycles. The van der Waals surface area contributed by atoms with Crippen LogP contribution in [-0.2, 0) is 0 Å². The van der Waals surface area contributed by atoms with E-state index < -0.39 is 0 Å². The molecule has 0 bridgehead atoms. The monoisotopic (exact) mass is 266 g/mol. The van der Waals surface area contributed by atoms with Gasteiger partial charge in [-0.15, -0.1) is 0 Å². The summed E-state index contributed by atoms with van der Waals surface area (Å²) >= 11 is 0. The van der Waals surface area contributed by atoms with Crippen molar-refractivity contribution in [1.29, 1.82) is 0 Å². The van der Waals surface area contributed by atoms with Crippen LogP contribution in [0.25, 0.3) is 16.7 Å². The van der Waals surface area contributed by atoms with Crippen molar-refractivity contribution in [2.45, 2.75) is 32.6 Å². The average molecular weight is 266 g/mol. The third kappa shape index (κ3) is 2.41. The summed E-state index contributed by atoms with van der Waals surface area (Å²) in [5.41, 5.74) is 11.1. The Morgan fingerprint density at radius 3 is 2.80 bits per heavy atom. The Kier molecular flexibility index (Phi) is 3.46. The van der Waals surface area contributed by atoms with Crippen molar-refractivity contribution in [3.63, 3.8) is 0 Å². The van der Waals surface area contributed by atoms with Gasteiger partial charge in [0.05, 0.1) is 11.4 Å². The summed E-state index contributed by atoms with van der Waals surface area (Å²) in [6.07, 6.45) is 10.6. The number of anilines is 1. The predicted octanol–water partition coefficient (Wildman–Crippen LogP) is 3.39. The van der Waals surface area contributed by atoms with E-state index in [0.717, 1.165) is 35.4 Å². The maximum atomic E-state index is 5.85. The van der Waals surface area contributed by atoms with E-state index in [9.17, 15) is 0 Å². The molecule has 0 spiro atoms. The Hall–Kier alpha value is -2.23. The summed E-state index contributed by atoms with van der Waals surface area (Å²) in [7, 11) is 0. The number of nitrogen functional groups attached to an aromatic ring is 1. The quantitative estimate of drug-likeness (QED) is 0.905. The summed E-state index contributed by atoms with van der Waals surface area (Å²) in [6.45, 7) is 1.98. The maximum Gasteiger partial charge on any atom is 0.220 e. The first-order valence-electron chi connectivity index (χ1n) is 6.99. The van der Waals surface area contributed by atoms with Gasteiger partial charge in [-0.2, -0.15) is 0 Å². The zero-order valence-electron chi connectivity index (χ0n) is 11.6. The van der Waals surface area contributed by atoms with Crippen LogP contribution in [0.2, 0.25) is 0 Å². The van der Waals surface area contributed by atoms with E-state index in [0.29, 0.717) is 5.95 Å². The number of allylic oxidation sites excluding steroid dienone is 2. The van der Waals surface area contributed by atoms with Gasteiger partial charge in [-0.3, -0.25) is 4.98 Å². The third-order valence-electron chi connectivity index (χ3n) is 3.65. The van der Waals surface area contributed by atoms with Gasteiger partial charge in [0.2, 0.25) is 5.95 Å². The van der Waals surface area contributed by atoms with Crippen LogP contribution in [0.4, 0.5) is 5.95 Å². The largest absolute Gasteiger partial charge is 0.368 e. The molecule has 0 aromatic carbocycles. The number of aromatic nitrogens is 3. The summed E-state index contributed by atoms with van der Waals surface area (Å²) in [4.78, 5) is 13.0. The lowest BCUT2D eigenvalue weighted by atomic mass is 9.92. The Labute approximate surface area is 118 Å². The van der Waals surface area contributed by atoms with Crippen molar-refractivity contribution < 1.29 is 0 Å². The Morgan fingerprint density at radius 1 is 1.20 bits per heavy atom. The molecular weight excluding hydrogens is 248 g/mol. The molecule has 102 valence electrons. The molecule has 0 amide bonds. The predicted molar refractivity (Wildman–Crippen MR) is 80.9 cm³/mol. The van der Waals surface area contributed by atoms with Crippen LogP contribution in [0.5, 0.6) is 0 Å². The van der Waals surface area contributed by atoms with Crippen molar-refractivity contribution in [3.8, 4) is 11.1 Å². The van der Waals surface area contributed by atoms with E-state index in [1.807, 2.05) is 25.3 Å². The second kappa shape index (κ2) is 5.41. The Balaban J connectivity index is 2.20. The maximum absolute atomic E-state index is 5.85. The molecule has 3 rings (SSSR count). The molecule has 2 aromatic rings. The summed E-state index contributed by atoms with van der Waals surface area (Å²) in [5, 5.41) is 0. The molecule has 1 aliphatic carbocycles. The molecule has 2 N–H and O–H groups in total. The van der Waals surface area contributed by atoms with Gasteiger partial charge in [0.25, 0.3) is 0 Å². The Morgan fingerprint density at radius 2 is 2.10 bits per heavy atom. The average Bonchev–Trinajstić information content (AvgIpc) is 2.48. The van der Waals surface area contributed by atoms with Gasteiger partial charge in [0, 0.05) is 23.5 Å². The molecule has 0 radical (unpaired) electrons. The Bertz CT molecular complexity index is 647. The topological polar surface area (TPSA) is 64.7 Å². The molecule has 0 atom stereocenters. The summed E-state index contributed by atoms with van der Waals surface area (Å²) < 4.78 is 0. The fourth-order valence-corrected chi connectivity index (χ4v) is 2.74. The molecule has 1 aliphatic rings. The van der Waals surface area contributed by atoms with Gasteiger partial charge in [0.15, 0.2) is 0 Å². The lowest BCUT2D eigenvalue weighted by Gasteiger charge is -2.17. The minimum absolute atomic E-state index is 0.344. The van der Waals surface area contributed by atoms with Crippen LogP contribution < -0.4 is 5.73 Å². The lowest BCUT2D eigenvalue weighted by Crippen LogP contribution is -2.06. The highest BCUT2D eigenvalue weighted by molar-refractivity contribution is 5.81. The van der Waals surface area contributed by atoms with Crippen molar-refractivity contribution in [2.75, 3.05) is 5.73 Å². The third-order valence-corrected chi connectivity index (χ3v) is 3.65. The van der Waals surface area contributed by atoms with Crippen molar-refractivity contribution >= 4 is 11.5 Å². The van der Waals surface area contributed by atoms with Crippen LogP contribution in [0.1, 0.15) is 37.1 Å². The first-order chi connectivity index (χ1) is 9.75. The number of pyridine rings is 1. The molecule has 2 heterocycles. The number of rotatable bonds is 2. The first-order valence-corrected chi connectivity index (χ1v) is 6.99. The first kappa shape index (κ1) is 12.8. The van der Waals surface area contributed by atoms with Crippen LogP contribution in [-0.4, -0.2) is 15.0 Å². The summed E-state index contributed by atoms with van der Waals surface area (Å²) in [5.74, 6) is 0.344. The highest BCUT2D eigenvalue weighted by Crippen LogP contribution is 2.34. The van der Waals surface area contributed by atoms with E-state index >= 15 is 0 Å². The number of aryl methyl sites for hydroxylation is 1. The van der Waals surface area contributed by atoms with E-state index in [4.69, 9.17) is 5.73 Å². The SMILES string of the molecule is Cc1nc(N)nc(C2=CCCCC2)c1-c1cccnc1. The highest BCUT2D eigenvalue weighted by Gasteiger charge is 2.17. The van der Waals surface area contributed by atoms with Gasteiger partial charge in [-0.25, -0.2) is 9.97 Å². The van der Waals surface area contributed by atoms with Gasteiger partial charge in [0.1, 0.15) is 0 Å². The standard InChI is InChI=1S/C16H18N4/c1-11-14(13-8-5-9-18-10-13)15(20-16(17)19-11)12-6-3-2-4-7-12/h5-6,8-10H,2-4,7H2,1H3,(H2,17,19,20). The molecule has 0 aliphatic heterocycles. The zero-order valence-corrected chi connectivity index (χ0v) is 11.6. The molecule has 4 nitrogen and oxygen atoms in total. The fraction of sp³-hybridized carbons (Fsp3) is 0.312. The number of nitrogens with zero attached hydrogens (tertiary/aromatic N) is 3. The van der Waals surface area contributed by atoms with E-state index in [1.54, 1.807) is 6.20 Å². The second-order valence-corrected chi connectivity index (χ2v) is 5.11. The summed E-state index contributed by atoms with van der Waals surface area (Å²) in [6, 6.07) is 3.98.